The van der Waals surface area contributed by atoms with Crippen LogP contribution >= 0.6 is 0 Å². The molecule has 152 valence electrons. The first-order valence-corrected chi connectivity index (χ1v) is 8.98. The number of likely N-dealkylation sites (tertiary alicyclic amines) is 1. The molecule has 0 bridgehead atoms. The smallest absolute Gasteiger partial charge is 0.387 e. The standard InChI is InChI=1S/C18H25F2NO3.CH2O2/c1-17(22)7-10-23-18(13-17)5-8-21(9-6-18)12-14-3-2-4-15(11-14)24-16(19)20;2-1-3/h2-4,11,16,22H,5-10,12-13H2,1H3;1H,(H,2,3). The molecule has 0 saturated carbocycles. The van der Waals surface area contributed by atoms with Gasteiger partial charge in [0.1, 0.15) is 5.75 Å². The highest BCUT2D eigenvalue weighted by Crippen LogP contribution is 2.39. The number of alkyl halides is 2. The van der Waals surface area contributed by atoms with Gasteiger partial charge in [-0.2, -0.15) is 8.78 Å². The first kappa shape index (κ1) is 21.5. The summed E-state index contributed by atoms with van der Waals surface area (Å²) in [5.74, 6) is 0.197. The molecule has 1 spiro atoms. The van der Waals surface area contributed by atoms with E-state index in [0.717, 1.165) is 31.5 Å². The summed E-state index contributed by atoms with van der Waals surface area (Å²) in [6.07, 6.45) is 3.15. The van der Waals surface area contributed by atoms with Gasteiger partial charge in [0.15, 0.2) is 0 Å². The van der Waals surface area contributed by atoms with Crippen LogP contribution in [0.5, 0.6) is 5.75 Å². The number of piperidine rings is 1. The van der Waals surface area contributed by atoms with Gasteiger partial charge in [0.2, 0.25) is 0 Å². The lowest BCUT2D eigenvalue weighted by atomic mass is 9.78. The van der Waals surface area contributed by atoms with Gasteiger partial charge in [-0.1, -0.05) is 12.1 Å². The van der Waals surface area contributed by atoms with Crippen LogP contribution in [-0.4, -0.2) is 59.1 Å². The lowest BCUT2D eigenvalue weighted by Gasteiger charge is -2.48. The topological polar surface area (TPSA) is 79.2 Å². The molecule has 2 aliphatic heterocycles. The summed E-state index contributed by atoms with van der Waals surface area (Å²) in [7, 11) is 0. The summed E-state index contributed by atoms with van der Waals surface area (Å²) in [6.45, 7) is 1.89. The highest BCUT2D eigenvalue weighted by Gasteiger charge is 2.44. The lowest BCUT2D eigenvalue weighted by molar-refractivity contribution is -0.173. The van der Waals surface area contributed by atoms with Crippen LogP contribution in [0.3, 0.4) is 0 Å². The molecule has 3 rings (SSSR count). The molecule has 8 heteroatoms. The van der Waals surface area contributed by atoms with Gasteiger partial charge in [0.25, 0.3) is 6.47 Å². The van der Waals surface area contributed by atoms with E-state index in [4.69, 9.17) is 14.6 Å². The van der Waals surface area contributed by atoms with Crippen LogP contribution in [0, 0.1) is 0 Å². The number of hydrogen-bond donors (Lipinski definition) is 2. The van der Waals surface area contributed by atoms with Crippen molar-refractivity contribution < 1.29 is 33.3 Å². The maximum absolute atomic E-state index is 12.3. The fourth-order valence-electron chi connectivity index (χ4n) is 3.84. The molecule has 0 aromatic heterocycles. The molecule has 1 unspecified atom stereocenters. The number of carboxylic acid groups (broad SMARTS) is 1. The van der Waals surface area contributed by atoms with Crippen molar-refractivity contribution in [2.75, 3.05) is 19.7 Å². The predicted octanol–water partition coefficient (Wildman–Crippen LogP) is 2.88. The predicted molar refractivity (Wildman–Crippen MR) is 94.8 cm³/mol. The van der Waals surface area contributed by atoms with Gasteiger partial charge >= 0.3 is 6.61 Å². The van der Waals surface area contributed by atoms with E-state index < -0.39 is 12.2 Å². The summed E-state index contributed by atoms with van der Waals surface area (Å²) < 4.78 is 35.1. The number of hydrogen-bond acceptors (Lipinski definition) is 5. The fraction of sp³-hybridized carbons (Fsp3) is 0.632. The summed E-state index contributed by atoms with van der Waals surface area (Å²) in [6, 6.07) is 6.86. The van der Waals surface area contributed by atoms with E-state index in [0.29, 0.717) is 26.0 Å². The van der Waals surface area contributed by atoms with Gasteiger partial charge in [-0.3, -0.25) is 9.69 Å². The fourth-order valence-corrected chi connectivity index (χ4v) is 3.84. The zero-order chi connectivity index (χ0) is 19.9. The van der Waals surface area contributed by atoms with E-state index in [1.807, 2.05) is 13.0 Å². The molecule has 1 aromatic carbocycles. The molecule has 27 heavy (non-hydrogen) atoms. The molecule has 0 aliphatic carbocycles. The van der Waals surface area contributed by atoms with Crippen LogP contribution < -0.4 is 4.74 Å². The maximum atomic E-state index is 12.3. The highest BCUT2D eigenvalue weighted by molar-refractivity contribution is 5.32. The Balaban J connectivity index is 0.000000817. The van der Waals surface area contributed by atoms with Crippen LogP contribution in [0.2, 0.25) is 0 Å². The molecule has 1 aromatic rings. The number of aliphatic hydroxyl groups is 1. The molecule has 2 heterocycles. The molecule has 0 radical (unpaired) electrons. The van der Waals surface area contributed by atoms with Crippen molar-refractivity contribution in [3.05, 3.63) is 29.8 Å². The maximum Gasteiger partial charge on any atom is 0.387 e. The Hall–Kier alpha value is -1.77. The van der Waals surface area contributed by atoms with Crippen LogP contribution in [0.15, 0.2) is 24.3 Å². The van der Waals surface area contributed by atoms with Crippen molar-refractivity contribution in [3.63, 3.8) is 0 Å². The highest BCUT2D eigenvalue weighted by atomic mass is 19.3. The molecular formula is C19H27F2NO5. The van der Waals surface area contributed by atoms with Gasteiger partial charge < -0.3 is 19.7 Å². The van der Waals surface area contributed by atoms with Gasteiger partial charge in [-0.05, 0) is 43.9 Å². The molecule has 2 aliphatic rings. The number of ether oxygens (including phenoxy) is 2. The normalized spacial score (nSPS) is 24.9. The second kappa shape index (κ2) is 9.43. The number of benzene rings is 1. The quantitative estimate of drug-likeness (QED) is 0.774. The SMILES string of the molecule is CC1(O)CCOC2(CCN(Cc3cccc(OC(F)F)c3)CC2)C1.O=CO. The molecule has 0 amide bonds. The van der Waals surface area contributed by atoms with Crippen LogP contribution in [0.25, 0.3) is 0 Å². The molecular weight excluding hydrogens is 360 g/mol. The van der Waals surface area contributed by atoms with Gasteiger partial charge in [-0.25, -0.2) is 0 Å². The van der Waals surface area contributed by atoms with E-state index in [9.17, 15) is 13.9 Å². The van der Waals surface area contributed by atoms with Gasteiger partial charge in [0.05, 0.1) is 17.8 Å². The van der Waals surface area contributed by atoms with Crippen molar-refractivity contribution in [2.45, 2.75) is 57.0 Å². The monoisotopic (exact) mass is 387 g/mol. The first-order valence-electron chi connectivity index (χ1n) is 8.98. The van der Waals surface area contributed by atoms with E-state index in [1.54, 1.807) is 18.2 Å². The zero-order valence-corrected chi connectivity index (χ0v) is 15.4. The second-order valence-electron chi connectivity index (χ2n) is 7.36. The van der Waals surface area contributed by atoms with E-state index in [1.165, 1.54) is 0 Å². The molecule has 1 atom stereocenters. The molecule has 2 fully saturated rings. The minimum absolute atomic E-state index is 0.197. The Labute approximate surface area is 157 Å². The Kier molecular flexibility index (Phi) is 7.52. The summed E-state index contributed by atoms with van der Waals surface area (Å²) >= 11 is 0. The van der Waals surface area contributed by atoms with Crippen LogP contribution in [-0.2, 0) is 16.1 Å². The first-order chi connectivity index (χ1) is 12.8. The van der Waals surface area contributed by atoms with Gasteiger partial charge in [0, 0.05) is 26.1 Å². The van der Waals surface area contributed by atoms with Crippen LogP contribution in [0.4, 0.5) is 8.78 Å². The average Bonchev–Trinajstić information content (AvgIpc) is 2.57. The van der Waals surface area contributed by atoms with Gasteiger partial charge in [-0.15, -0.1) is 0 Å². The van der Waals surface area contributed by atoms with E-state index in [2.05, 4.69) is 9.64 Å². The summed E-state index contributed by atoms with van der Waals surface area (Å²) in [5.41, 5.74) is 0.112. The number of carbonyl (C=O) groups is 1. The Morgan fingerprint density at radius 3 is 2.59 bits per heavy atom. The number of rotatable bonds is 4. The zero-order valence-electron chi connectivity index (χ0n) is 15.4. The lowest BCUT2D eigenvalue weighted by Crippen LogP contribution is -2.53. The van der Waals surface area contributed by atoms with Crippen molar-refractivity contribution in [3.8, 4) is 5.75 Å². The van der Waals surface area contributed by atoms with Crippen molar-refractivity contribution in [1.82, 2.24) is 4.90 Å². The van der Waals surface area contributed by atoms with Crippen molar-refractivity contribution in [1.29, 1.82) is 0 Å². The minimum Gasteiger partial charge on any atom is -0.483 e. The van der Waals surface area contributed by atoms with Crippen molar-refractivity contribution >= 4 is 6.47 Å². The molecule has 2 saturated heterocycles. The Bertz CT molecular complexity index is 604. The Morgan fingerprint density at radius 1 is 1.33 bits per heavy atom. The Morgan fingerprint density at radius 2 is 2.00 bits per heavy atom. The molecule has 6 nitrogen and oxygen atoms in total. The van der Waals surface area contributed by atoms with Crippen molar-refractivity contribution in [2.24, 2.45) is 0 Å². The van der Waals surface area contributed by atoms with Crippen LogP contribution in [0.1, 0.15) is 38.2 Å². The average molecular weight is 387 g/mol. The second-order valence-corrected chi connectivity index (χ2v) is 7.36. The minimum atomic E-state index is -2.80. The van der Waals surface area contributed by atoms with E-state index >= 15 is 0 Å². The van der Waals surface area contributed by atoms with E-state index in [-0.39, 0.29) is 17.8 Å². The summed E-state index contributed by atoms with van der Waals surface area (Å²) in [5, 5.41) is 17.2. The number of nitrogens with zero attached hydrogens (tertiary/aromatic N) is 1. The number of halogens is 2. The third-order valence-corrected chi connectivity index (χ3v) is 5.05. The molecule has 2 N–H and O–H groups in total. The third kappa shape index (κ3) is 6.71. The third-order valence-electron chi connectivity index (χ3n) is 5.05. The summed E-state index contributed by atoms with van der Waals surface area (Å²) in [4.78, 5) is 10.7. The largest absolute Gasteiger partial charge is 0.483 e.